The molecule has 0 bridgehead atoms. The van der Waals surface area contributed by atoms with Gasteiger partial charge >= 0.3 is 0 Å². The molecule has 0 aliphatic heterocycles. The van der Waals surface area contributed by atoms with Gasteiger partial charge in [0.15, 0.2) is 0 Å². The van der Waals surface area contributed by atoms with Crippen molar-refractivity contribution in [3.63, 3.8) is 0 Å². The summed E-state index contributed by atoms with van der Waals surface area (Å²) in [5.41, 5.74) is 1.07. The summed E-state index contributed by atoms with van der Waals surface area (Å²) < 4.78 is 18.7. The predicted molar refractivity (Wildman–Crippen MR) is 84.9 cm³/mol. The lowest BCUT2D eigenvalue weighted by atomic mass is 10.2. The molecular weight excluding hydrogens is 312 g/mol. The number of rotatable bonds is 5. The Morgan fingerprint density at radius 2 is 1.86 bits per heavy atom. The minimum Gasteiger partial charge on any atom is -0.456 e. The first-order valence-electron chi connectivity index (χ1n) is 6.60. The van der Waals surface area contributed by atoms with Crippen molar-refractivity contribution in [2.24, 2.45) is 0 Å². The van der Waals surface area contributed by atoms with Gasteiger partial charge in [0, 0.05) is 18.7 Å². The van der Waals surface area contributed by atoms with Gasteiger partial charge in [-0.15, -0.1) is 0 Å². The molecule has 0 aliphatic carbocycles. The van der Waals surface area contributed by atoms with Gasteiger partial charge in [-0.2, -0.15) is 0 Å². The minimum absolute atomic E-state index is 0.0152. The van der Waals surface area contributed by atoms with E-state index in [9.17, 15) is 4.39 Å². The van der Waals surface area contributed by atoms with Crippen LogP contribution in [-0.2, 0) is 6.54 Å². The van der Waals surface area contributed by atoms with Crippen LogP contribution in [-0.4, -0.2) is 6.04 Å². The van der Waals surface area contributed by atoms with Gasteiger partial charge in [-0.3, -0.25) is 0 Å². The highest BCUT2D eigenvalue weighted by atomic mass is 35.5. The third kappa shape index (κ3) is 4.60. The van der Waals surface area contributed by atoms with E-state index in [0.717, 1.165) is 12.1 Å². The number of nitrogens with one attached hydrogen (secondary N) is 1. The molecule has 0 fully saturated rings. The average molecular weight is 328 g/mol. The van der Waals surface area contributed by atoms with Crippen LogP contribution in [0, 0.1) is 5.82 Å². The molecule has 2 nitrogen and oxygen atoms in total. The zero-order valence-corrected chi connectivity index (χ0v) is 13.3. The van der Waals surface area contributed by atoms with Crippen LogP contribution in [0.15, 0.2) is 36.4 Å². The smallest absolute Gasteiger partial charge is 0.146 e. The fourth-order valence-electron chi connectivity index (χ4n) is 1.73. The Morgan fingerprint density at radius 3 is 2.48 bits per heavy atom. The van der Waals surface area contributed by atoms with Gasteiger partial charge in [-0.25, -0.2) is 4.39 Å². The van der Waals surface area contributed by atoms with Gasteiger partial charge in [0.2, 0.25) is 0 Å². The Hall–Kier alpha value is -1.29. The van der Waals surface area contributed by atoms with Gasteiger partial charge in [-0.05, 0) is 29.8 Å². The van der Waals surface area contributed by atoms with Crippen LogP contribution in [0.2, 0.25) is 10.0 Å². The van der Waals surface area contributed by atoms with Gasteiger partial charge in [0.1, 0.15) is 17.3 Å². The third-order valence-electron chi connectivity index (χ3n) is 2.83. The SMILES string of the molecule is CC(C)NCc1ccc(Oc2ccc(F)c(Cl)c2)c(Cl)c1. The van der Waals surface area contributed by atoms with E-state index in [1.165, 1.54) is 18.2 Å². The Morgan fingerprint density at radius 1 is 1.10 bits per heavy atom. The van der Waals surface area contributed by atoms with E-state index in [1.54, 1.807) is 6.07 Å². The lowest BCUT2D eigenvalue weighted by Gasteiger charge is -2.11. The van der Waals surface area contributed by atoms with Gasteiger partial charge in [0.05, 0.1) is 10.0 Å². The van der Waals surface area contributed by atoms with E-state index in [1.807, 2.05) is 12.1 Å². The summed E-state index contributed by atoms with van der Waals surface area (Å²) in [5.74, 6) is 0.467. The van der Waals surface area contributed by atoms with Crippen molar-refractivity contribution in [1.29, 1.82) is 0 Å². The lowest BCUT2D eigenvalue weighted by molar-refractivity contribution is 0.480. The van der Waals surface area contributed by atoms with Crippen molar-refractivity contribution >= 4 is 23.2 Å². The molecule has 0 saturated carbocycles. The first-order valence-corrected chi connectivity index (χ1v) is 7.36. The number of halogens is 3. The molecule has 0 saturated heterocycles. The molecule has 0 atom stereocenters. The molecule has 0 radical (unpaired) electrons. The molecule has 21 heavy (non-hydrogen) atoms. The molecule has 112 valence electrons. The summed E-state index contributed by atoms with van der Waals surface area (Å²) in [4.78, 5) is 0. The highest BCUT2D eigenvalue weighted by molar-refractivity contribution is 6.32. The molecule has 0 amide bonds. The average Bonchev–Trinajstić information content (AvgIpc) is 2.43. The maximum Gasteiger partial charge on any atom is 0.146 e. The monoisotopic (exact) mass is 327 g/mol. The predicted octanol–water partition coefficient (Wildman–Crippen LogP) is 5.42. The molecule has 2 rings (SSSR count). The molecular formula is C16H16Cl2FNO. The van der Waals surface area contributed by atoms with Crippen LogP contribution in [0.1, 0.15) is 19.4 Å². The van der Waals surface area contributed by atoms with Crippen LogP contribution in [0.5, 0.6) is 11.5 Å². The molecule has 5 heteroatoms. The fraction of sp³-hybridized carbons (Fsp3) is 0.250. The number of ether oxygens (including phenoxy) is 1. The Balaban J connectivity index is 2.11. The number of hydrogen-bond acceptors (Lipinski definition) is 2. The topological polar surface area (TPSA) is 21.3 Å². The standard InChI is InChI=1S/C16H16Cl2FNO/c1-10(2)20-9-11-3-6-16(14(18)7-11)21-12-4-5-15(19)13(17)8-12/h3-8,10,20H,9H2,1-2H3. The Labute approximate surface area is 133 Å². The Kier molecular flexibility index (Phi) is 5.45. The second-order valence-electron chi connectivity index (χ2n) is 4.98. The van der Waals surface area contributed by atoms with E-state index < -0.39 is 5.82 Å². The second kappa shape index (κ2) is 7.12. The van der Waals surface area contributed by atoms with Crippen LogP contribution < -0.4 is 10.1 Å². The minimum atomic E-state index is -0.481. The van der Waals surface area contributed by atoms with Crippen LogP contribution in [0.4, 0.5) is 4.39 Å². The highest BCUT2D eigenvalue weighted by Crippen LogP contribution is 2.31. The van der Waals surface area contributed by atoms with E-state index in [2.05, 4.69) is 19.2 Å². The van der Waals surface area contributed by atoms with E-state index in [0.29, 0.717) is 22.6 Å². The van der Waals surface area contributed by atoms with Crippen LogP contribution >= 0.6 is 23.2 Å². The molecule has 0 unspecified atom stereocenters. The molecule has 0 aliphatic rings. The summed E-state index contributed by atoms with van der Waals surface area (Å²) in [6.07, 6.45) is 0. The van der Waals surface area contributed by atoms with Gasteiger partial charge in [0.25, 0.3) is 0 Å². The third-order valence-corrected chi connectivity index (χ3v) is 3.41. The quantitative estimate of drug-likeness (QED) is 0.791. The summed E-state index contributed by atoms with van der Waals surface area (Å²) in [5, 5.41) is 3.83. The lowest BCUT2D eigenvalue weighted by Crippen LogP contribution is -2.21. The van der Waals surface area contributed by atoms with E-state index in [4.69, 9.17) is 27.9 Å². The van der Waals surface area contributed by atoms with Crippen LogP contribution in [0.25, 0.3) is 0 Å². The van der Waals surface area contributed by atoms with Crippen molar-refractivity contribution in [1.82, 2.24) is 5.32 Å². The summed E-state index contributed by atoms with van der Waals surface area (Å²) in [6, 6.07) is 10.1. The molecule has 1 N–H and O–H groups in total. The molecule has 2 aromatic rings. The van der Waals surface area contributed by atoms with Gasteiger partial charge in [-0.1, -0.05) is 43.1 Å². The number of benzene rings is 2. The number of hydrogen-bond donors (Lipinski definition) is 1. The van der Waals surface area contributed by atoms with E-state index in [-0.39, 0.29) is 5.02 Å². The first-order chi connectivity index (χ1) is 9.95. The first kappa shape index (κ1) is 16.1. The maximum atomic E-state index is 13.1. The molecule has 2 aromatic carbocycles. The van der Waals surface area contributed by atoms with Gasteiger partial charge < -0.3 is 10.1 Å². The van der Waals surface area contributed by atoms with Crippen molar-refractivity contribution in [2.45, 2.75) is 26.4 Å². The molecule has 0 spiro atoms. The van der Waals surface area contributed by atoms with Crippen LogP contribution in [0.3, 0.4) is 0 Å². The Bertz CT molecular complexity index is 632. The van der Waals surface area contributed by atoms with Crippen molar-refractivity contribution in [3.8, 4) is 11.5 Å². The largest absolute Gasteiger partial charge is 0.456 e. The van der Waals surface area contributed by atoms with E-state index >= 15 is 0 Å². The molecule has 0 heterocycles. The van der Waals surface area contributed by atoms with Crippen molar-refractivity contribution < 1.29 is 9.13 Å². The maximum absolute atomic E-state index is 13.1. The van der Waals surface area contributed by atoms with Crippen molar-refractivity contribution in [2.75, 3.05) is 0 Å². The zero-order chi connectivity index (χ0) is 15.4. The molecule has 0 aromatic heterocycles. The summed E-state index contributed by atoms with van der Waals surface area (Å²) in [7, 11) is 0. The highest BCUT2D eigenvalue weighted by Gasteiger charge is 2.07. The summed E-state index contributed by atoms with van der Waals surface area (Å²) >= 11 is 11.9. The zero-order valence-electron chi connectivity index (χ0n) is 11.8. The van der Waals surface area contributed by atoms with Crippen molar-refractivity contribution in [3.05, 3.63) is 57.8 Å². The second-order valence-corrected chi connectivity index (χ2v) is 5.79. The normalized spacial score (nSPS) is 11.0. The fourth-order valence-corrected chi connectivity index (χ4v) is 2.14. The summed E-state index contributed by atoms with van der Waals surface area (Å²) in [6.45, 7) is 4.90.